The van der Waals surface area contributed by atoms with E-state index in [1.807, 2.05) is 36.4 Å². The summed E-state index contributed by atoms with van der Waals surface area (Å²) in [7, 11) is 0. The van der Waals surface area contributed by atoms with E-state index in [1.54, 1.807) is 51.1 Å². The molecular formula is C36H36N4O6. The number of Topliss-reactive ketones (excluding diaryl/α,β-unsaturated/α-hetero) is 1. The molecule has 0 unspecified atom stereocenters. The number of nitriles is 1. The summed E-state index contributed by atoms with van der Waals surface area (Å²) in [5.41, 5.74) is 2.54. The van der Waals surface area contributed by atoms with Gasteiger partial charge in [-0.15, -0.1) is 0 Å². The van der Waals surface area contributed by atoms with Crippen LogP contribution in [-0.2, 0) is 19.0 Å². The molecular weight excluding hydrogens is 584 g/mol. The highest BCUT2D eigenvalue weighted by molar-refractivity contribution is 6.12. The maximum absolute atomic E-state index is 13.2. The molecule has 0 aliphatic carbocycles. The zero-order valence-electron chi connectivity index (χ0n) is 26.1. The normalized spacial score (nSPS) is 15.3. The van der Waals surface area contributed by atoms with E-state index in [2.05, 4.69) is 27.4 Å². The SMILES string of the molecule is CC(C)(C)OC(=O)Nc1cc(N2CCC3(CC2)OCCO3)c(C#Cc2ccccc2)cc1NC(=O)CC(=O)c1cccc(C#N)c1. The van der Waals surface area contributed by atoms with Crippen LogP contribution < -0.4 is 15.5 Å². The average molecular weight is 621 g/mol. The number of hydrogen-bond donors (Lipinski definition) is 2. The van der Waals surface area contributed by atoms with E-state index in [0.717, 1.165) is 11.3 Å². The zero-order chi connectivity index (χ0) is 32.7. The first kappa shape index (κ1) is 32.2. The molecule has 0 aromatic heterocycles. The Morgan fingerprint density at radius 3 is 2.24 bits per heavy atom. The molecule has 2 saturated heterocycles. The molecule has 5 rings (SSSR count). The highest BCUT2D eigenvalue weighted by Crippen LogP contribution is 2.37. The van der Waals surface area contributed by atoms with Crippen molar-refractivity contribution < 1.29 is 28.6 Å². The summed E-state index contributed by atoms with van der Waals surface area (Å²) in [6.07, 6.45) is 0.135. The lowest BCUT2D eigenvalue weighted by Gasteiger charge is -2.39. The molecule has 0 bridgehead atoms. The topological polar surface area (TPSA) is 130 Å². The number of carbonyl (C=O) groups is 3. The van der Waals surface area contributed by atoms with Crippen LogP contribution in [0.4, 0.5) is 21.9 Å². The molecule has 0 radical (unpaired) electrons. The summed E-state index contributed by atoms with van der Waals surface area (Å²) in [5.74, 6) is 4.82. The molecule has 2 N–H and O–H groups in total. The Hall–Kier alpha value is -5.16. The van der Waals surface area contributed by atoms with Crippen LogP contribution in [0.5, 0.6) is 0 Å². The first-order valence-corrected chi connectivity index (χ1v) is 15.1. The Labute approximate surface area is 268 Å². The summed E-state index contributed by atoms with van der Waals surface area (Å²) in [5, 5.41) is 14.8. The predicted octanol–water partition coefficient (Wildman–Crippen LogP) is 5.86. The molecule has 10 nitrogen and oxygen atoms in total. The number of piperidine rings is 1. The van der Waals surface area contributed by atoms with Crippen LogP contribution in [0.25, 0.3) is 0 Å². The molecule has 2 heterocycles. The standard InChI is InChI=1S/C36H36N4O6/c1-35(2,3)46-34(43)39-30-22-31(40-16-14-36(15-17-40)44-18-19-45-36)27(13-12-25-8-5-4-6-9-25)21-29(30)38-33(42)23-32(41)28-11-7-10-26(20-28)24-37/h4-11,20-22H,14-19,23H2,1-3H3,(H,38,42)(H,39,43). The van der Waals surface area contributed by atoms with Gasteiger partial charge in [-0.1, -0.05) is 42.2 Å². The fourth-order valence-electron chi connectivity index (χ4n) is 5.31. The molecule has 0 atom stereocenters. The number of nitrogens with zero attached hydrogens (tertiary/aromatic N) is 2. The third-order valence-electron chi connectivity index (χ3n) is 7.48. The second kappa shape index (κ2) is 13.9. The van der Waals surface area contributed by atoms with E-state index in [-0.39, 0.29) is 16.9 Å². The molecule has 236 valence electrons. The summed E-state index contributed by atoms with van der Waals surface area (Å²) < 4.78 is 17.4. The molecule has 2 amide bonds. The van der Waals surface area contributed by atoms with Crippen molar-refractivity contribution in [2.24, 2.45) is 0 Å². The largest absolute Gasteiger partial charge is 0.444 e. The Bertz CT molecular complexity index is 1710. The van der Waals surface area contributed by atoms with Gasteiger partial charge in [-0.3, -0.25) is 14.9 Å². The van der Waals surface area contributed by atoms with Crippen molar-refractivity contribution in [2.75, 3.05) is 41.8 Å². The molecule has 3 aromatic rings. The van der Waals surface area contributed by atoms with Gasteiger partial charge >= 0.3 is 6.09 Å². The predicted molar refractivity (Wildman–Crippen MR) is 174 cm³/mol. The third-order valence-corrected chi connectivity index (χ3v) is 7.48. The van der Waals surface area contributed by atoms with Gasteiger partial charge in [-0.2, -0.15) is 5.26 Å². The molecule has 2 aliphatic rings. The van der Waals surface area contributed by atoms with E-state index in [0.29, 0.717) is 50.3 Å². The van der Waals surface area contributed by atoms with Crippen LogP contribution in [0.1, 0.15) is 67.1 Å². The van der Waals surface area contributed by atoms with Crippen LogP contribution >= 0.6 is 0 Å². The van der Waals surface area contributed by atoms with Crippen molar-refractivity contribution in [2.45, 2.75) is 51.4 Å². The van der Waals surface area contributed by atoms with E-state index < -0.39 is 35.6 Å². The van der Waals surface area contributed by atoms with Gasteiger partial charge in [0.1, 0.15) is 5.60 Å². The van der Waals surface area contributed by atoms with Gasteiger partial charge in [-0.05, 0) is 57.2 Å². The monoisotopic (exact) mass is 620 g/mol. The molecule has 3 aromatic carbocycles. The maximum Gasteiger partial charge on any atom is 0.412 e. The van der Waals surface area contributed by atoms with Crippen molar-refractivity contribution in [1.82, 2.24) is 0 Å². The highest BCUT2D eigenvalue weighted by atomic mass is 16.7. The molecule has 46 heavy (non-hydrogen) atoms. The number of rotatable bonds is 6. The minimum atomic E-state index is -0.760. The molecule has 10 heteroatoms. The Balaban J connectivity index is 1.49. The summed E-state index contributed by atoms with van der Waals surface area (Å²) in [4.78, 5) is 41.2. The number of carbonyl (C=O) groups excluding carboxylic acids is 3. The number of amides is 2. The molecule has 1 spiro atoms. The minimum Gasteiger partial charge on any atom is -0.444 e. The summed E-state index contributed by atoms with van der Waals surface area (Å²) in [6.45, 7) is 7.64. The second-order valence-electron chi connectivity index (χ2n) is 12.1. The zero-order valence-corrected chi connectivity index (χ0v) is 26.1. The van der Waals surface area contributed by atoms with Crippen molar-refractivity contribution in [3.05, 3.63) is 89.0 Å². The first-order chi connectivity index (χ1) is 22.0. The van der Waals surface area contributed by atoms with Crippen LogP contribution in [0.3, 0.4) is 0 Å². The van der Waals surface area contributed by atoms with Gasteiger partial charge in [0.05, 0.1) is 53.9 Å². The van der Waals surface area contributed by atoms with Gasteiger partial charge in [0.2, 0.25) is 5.91 Å². The number of nitrogens with one attached hydrogen (secondary N) is 2. The van der Waals surface area contributed by atoms with Crippen LogP contribution in [-0.4, -0.2) is 55.5 Å². The van der Waals surface area contributed by atoms with Crippen molar-refractivity contribution in [3.8, 4) is 17.9 Å². The fraction of sp³-hybridized carbons (Fsp3) is 0.333. The fourth-order valence-corrected chi connectivity index (χ4v) is 5.31. The Kier molecular flexibility index (Phi) is 9.72. The van der Waals surface area contributed by atoms with Crippen LogP contribution in [0.2, 0.25) is 0 Å². The number of benzene rings is 3. The van der Waals surface area contributed by atoms with Gasteiger partial charge in [0.15, 0.2) is 11.6 Å². The minimum absolute atomic E-state index is 0.254. The maximum atomic E-state index is 13.2. The molecule has 0 saturated carbocycles. The van der Waals surface area contributed by atoms with Gasteiger partial charge in [0.25, 0.3) is 0 Å². The number of hydrogen-bond acceptors (Lipinski definition) is 8. The van der Waals surface area contributed by atoms with Crippen molar-refractivity contribution in [3.63, 3.8) is 0 Å². The van der Waals surface area contributed by atoms with E-state index in [1.165, 1.54) is 6.07 Å². The van der Waals surface area contributed by atoms with E-state index >= 15 is 0 Å². The van der Waals surface area contributed by atoms with Gasteiger partial charge in [-0.25, -0.2) is 4.79 Å². The van der Waals surface area contributed by atoms with Crippen LogP contribution in [0, 0.1) is 23.2 Å². The summed E-state index contributed by atoms with van der Waals surface area (Å²) in [6, 6.07) is 21.2. The number of ether oxygens (including phenoxy) is 3. The summed E-state index contributed by atoms with van der Waals surface area (Å²) >= 11 is 0. The van der Waals surface area contributed by atoms with Gasteiger partial charge < -0.3 is 24.4 Å². The average Bonchev–Trinajstić information content (AvgIpc) is 3.48. The highest BCUT2D eigenvalue weighted by Gasteiger charge is 2.40. The lowest BCUT2D eigenvalue weighted by molar-refractivity contribution is -0.169. The Morgan fingerprint density at radius 2 is 1.57 bits per heavy atom. The first-order valence-electron chi connectivity index (χ1n) is 15.1. The second-order valence-corrected chi connectivity index (χ2v) is 12.1. The lowest BCUT2D eigenvalue weighted by Crippen LogP contribution is -2.45. The molecule has 2 aliphatic heterocycles. The van der Waals surface area contributed by atoms with E-state index in [4.69, 9.17) is 14.2 Å². The quantitative estimate of drug-likeness (QED) is 0.199. The van der Waals surface area contributed by atoms with Crippen molar-refractivity contribution >= 4 is 34.8 Å². The lowest BCUT2D eigenvalue weighted by atomic mass is 10.0. The smallest absolute Gasteiger partial charge is 0.412 e. The number of ketones is 1. The van der Waals surface area contributed by atoms with Gasteiger partial charge in [0, 0.05) is 37.1 Å². The number of anilines is 3. The van der Waals surface area contributed by atoms with Crippen LogP contribution in [0.15, 0.2) is 66.7 Å². The Morgan fingerprint density at radius 1 is 0.891 bits per heavy atom. The van der Waals surface area contributed by atoms with E-state index in [9.17, 15) is 19.6 Å². The third kappa shape index (κ3) is 8.30. The van der Waals surface area contributed by atoms with Crippen molar-refractivity contribution in [1.29, 1.82) is 5.26 Å². The molecule has 2 fully saturated rings.